The first-order valence-electron chi connectivity index (χ1n) is 14.7. The number of piperidine rings is 1. The number of aromatic hydroxyl groups is 1. The molecular formula is C31H40N6O5. The van der Waals surface area contributed by atoms with Gasteiger partial charge in [-0.1, -0.05) is 49.4 Å². The fourth-order valence-electron chi connectivity index (χ4n) is 5.84. The summed E-state index contributed by atoms with van der Waals surface area (Å²) >= 11 is 0. The van der Waals surface area contributed by atoms with Crippen LogP contribution in [0.15, 0.2) is 47.3 Å². The number of benzene rings is 2. The number of amides is 2. The Morgan fingerprint density at radius 3 is 2.26 bits per heavy atom. The molecule has 0 saturated carbocycles. The quantitative estimate of drug-likeness (QED) is 0.443. The highest BCUT2D eigenvalue weighted by atomic mass is 16.6. The minimum atomic E-state index is -0.978. The topological polar surface area (TPSA) is 124 Å². The van der Waals surface area contributed by atoms with Crippen LogP contribution >= 0.6 is 0 Å². The van der Waals surface area contributed by atoms with Crippen molar-refractivity contribution in [1.29, 1.82) is 0 Å². The van der Waals surface area contributed by atoms with Gasteiger partial charge in [-0.15, -0.1) is 5.10 Å². The van der Waals surface area contributed by atoms with E-state index in [0.29, 0.717) is 56.0 Å². The van der Waals surface area contributed by atoms with Crippen LogP contribution in [-0.2, 0) is 16.0 Å². The molecular weight excluding hydrogens is 536 g/mol. The molecule has 2 aliphatic rings. The van der Waals surface area contributed by atoms with Gasteiger partial charge >= 0.3 is 11.8 Å². The van der Waals surface area contributed by atoms with Crippen molar-refractivity contribution in [3.05, 3.63) is 69.6 Å². The van der Waals surface area contributed by atoms with Gasteiger partial charge in [0.1, 0.15) is 5.75 Å². The number of carbonyl (C=O) groups excluding carboxylic acids is 2. The molecule has 2 fully saturated rings. The van der Waals surface area contributed by atoms with Crippen LogP contribution in [0.2, 0.25) is 0 Å². The van der Waals surface area contributed by atoms with Crippen LogP contribution in [0.25, 0.3) is 11.4 Å². The first kappa shape index (κ1) is 29.4. The van der Waals surface area contributed by atoms with E-state index in [2.05, 4.69) is 21.9 Å². The highest BCUT2D eigenvalue weighted by Gasteiger charge is 2.33. The number of nitrogens with one attached hydrogen (secondary N) is 1. The number of ether oxygens (including phenoxy) is 1. The average Bonchev–Trinajstić information content (AvgIpc) is 3.41. The Morgan fingerprint density at radius 2 is 1.64 bits per heavy atom. The molecule has 2 amide bonds. The number of likely N-dealkylation sites (N-methyl/N-ethyl adjacent to an activating group) is 1. The van der Waals surface area contributed by atoms with Gasteiger partial charge in [0.15, 0.2) is 11.9 Å². The molecule has 2 aromatic carbocycles. The number of nitrogens with zero attached hydrogens (tertiary/aromatic N) is 5. The second-order valence-electron chi connectivity index (χ2n) is 11.2. The lowest BCUT2D eigenvalue weighted by atomic mass is 10.0. The smallest absolute Gasteiger partial charge is 0.410 e. The lowest BCUT2D eigenvalue weighted by molar-refractivity contribution is -0.142. The Balaban J connectivity index is 1.26. The average molecular weight is 577 g/mol. The summed E-state index contributed by atoms with van der Waals surface area (Å²) in [4.78, 5) is 48.2. The number of carbonyl (C=O) groups is 2. The van der Waals surface area contributed by atoms with E-state index in [9.17, 15) is 19.5 Å². The van der Waals surface area contributed by atoms with Crippen molar-refractivity contribution < 1.29 is 19.4 Å². The molecule has 2 aliphatic heterocycles. The molecule has 1 aromatic heterocycles. The summed E-state index contributed by atoms with van der Waals surface area (Å²) < 4.78 is 7.40. The second kappa shape index (κ2) is 12.8. The summed E-state index contributed by atoms with van der Waals surface area (Å²) in [5, 5.41) is 14.7. The lowest BCUT2D eigenvalue weighted by Gasteiger charge is -2.36. The molecule has 3 aromatic rings. The summed E-state index contributed by atoms with van der Waals surface area (Å²) in [5.41, 5.74) is 2.81. The lowest BCUT2D eigenvalue weighted by Crippen LogP contribution is -2.53. The predicted molar refractivity (Wildman–Crippen MR) is 158 cm³/mol. The fourth-order valence-corrected chi connectivity index (χ4v) is 5.84. The van der Waals surface area contributed by atoms with Gasteiger partial charge in [0.2, 0.25) is 0 Å². The normalized spacial score (nSPS) is 17.3. The van der Waals surface area contributed by atoms with E-state index in [-0.39, 0.29) is 29.8 Å². The van der Waals surface area contributed by atoms with E-state index < -0.39 is 12.2 Å². The minimum absolute atomic E-state index is 0.148. The van der Waals surface area contributed by atoms with Gasteiger partial charge in [-0.05, 0) is 49.9 Å². The van der Waals surface area contributed by atoms with E-state index in [4.69, 9.17) is 4.74 Å². The molecule has 0 spiro atoms. The van der Waals surface area contributed by atoms with Crippen LogP contribution < -0.4 is 5.69 Å². The van der Waals surface area contributed by atoms with Crippen molar-refractivity contribution in [2.75, 3.05) is 45.8 Å². The number of H-pyrrole nitrogens is 1. The molecule has 11 heteroatoms. The molecule has 1 atom stereocenters. The standard InChI is InChI=1S/C31H40N6O5/c1-4-34-14-16-35(17-15-34)29(39)26(20-23-18-21(2)27(38)22(3)19-23)42-31(41)36-12-10-25(11-13-36)37-30(40)32-28(33-37)24-8-6-5-7-9-24/h5-9,18-19,25-26,38H,4,10-17,20H2,1-3H3,(H,32,33,40)/t26-/m1/s1. The summed E-state index contributed by atoms with van der Waals surface area (Å²) in [6.45, 7) is 10.2. The van der Waals surface area contributed by atoms with Crippen LogP contribution in [0, 0.1) is 13.8 Å². The molecule has 0 unspecified atom stereocenters. The van der Waals surface area contributed by atoms with Crippen molar-refractivity contribution in [2.45, 2.75) is 52.2 Å². The van der Waals surface area contributed by atoms with E-state index in [0.717, 1.165) is 30.8 Å². The minimum Gasteiger partial charge on any atom is -0.507 e. The largest absolute Gasteiger partial charge is 0.507 e. The third kappa shape index (κ3) is 6.51. The molecule has 2 saturated heterocycles. The number of phenolic OH excluding ortho intramolecular Hbond substituents is 1. The Kier molecular flexibility index (Phi) is 8.96. The van der Waals surface area contributed by atoms with Crippen LogP contribution in [0.5, 0.6) is 5.75 Å². The molecule has 0 bridgehead atoms. The number of aryl methyl sites for hydroxylation is 2. The highest BCUT2D eigenvalue weighted by molar-refractivity contribution is 5.84. The van der Waals surface area contributed by atoms with E-state index in [1.54, 1.807) is 9.80 Å². The Morgan fingerprint density at radius 1 is 1.00 bits per heavy atom. The Labute approximate surface area is 245 Å². The van der Waals surface area contributed by atoms with E-state index in [1.165, 1.54) is 4.68 Å². The fraction of sp³-hybridized carbons (Fsp3) is 0.484. The van der Waals surface area contributed by atoms with Crippen molar-refractivity contribution in [2.24, 2.45) is 0 Å². The molecule has 224 valence electrons. The Hall–Kier alpha value is -4.12. The number of phenols is 1. The summed E-state index contributed by atoms with van der Waals surface area (Å²) in [5.74, 6) is 0.543. The highest BCUT2D eigenvalue weighted by Crippen LogP contribution is 2.26. The molecule has 0 aliphatic carbocycles. The van der Waals surface area contributed by atoms with Crippen molar-refractivity contribution in [1.82, 2.24) is 29.5 Å². The summed E-state index contributed by atoms with van der Waals surface area (Å²) in [6.07, 6.45) is -0.203. The van der Waals surface area contributed by atoms with Crippen LogP contribution in [-0.4, -0.2) is 98.5 Å². The van der Waals surface area contributed by atoms with Gasteiger partial charge in [-0.3, -0.25) is 9.78 Å². The van der Waals surface area contributed by atoms with Gasteiger partial charge in [-0.25, -0.2) is 14.3 Å². The Bertz CT molecular complexity index is 1430. The van der Waals surface area contributed by atoms with Gasteiger partial charge < -0.3 is 24.5 Å². The zero-order valence-electron chi connectivity index (χ0n) is 24.6. The SMILES string of the molecule is CCN1CCN(C(=O)[C@@H](Cc2cc(C)c(O)c(C)c2)OC(=O)N2CCC(n3nc(-c4ccccc4)[nH]c3=O)CC2)CC1. The zero-order valence-corrected chi connectivity index (χ0v) is 24.6. The number of hydrogen-bond donors (Lipinski definition) is 2. The molecule has 42 heavy (non-hydrogen) atoms. The van der Waals surface area contributed by atoms with Crippen molar-refractivity contribution in [3.8, 4) is 17.1 Å². The van der Waals surface area contributed by atoms with Crippen LogP contribution in [0.1, 0.15) is 42.5 Å². The number of aromatic nitrogens is 3. The number of aromatic amines is 1. The van der Waals surface area contributed by atoms with Gasteiger partial charge in [0, 0.05) is 51.3 Å². The maximum absolute atomic E-state index is 13.7. The molecule has 5 rings (SSSR count). The molecule has 3 heterocycles. The van der Waals surface area contributed by atoms with Gasteiger partial charge in [0.25, 0.3) is 5.91 Å². The van der Waals surface area contributed by atoms with E-state index in [1.807, 2.05) is 56.3 Å². The number of rotatable bonds is 7. The predicted octanol–water partition coefficient (Wildman–Crippen LogP) is 3.11. The van der Waals surface area contributed by atoms with Gasteiger partial charge in [-0.2, -0.15) is 0 Å². The number of likely N-dealkylation sites (tertiary alicyclic amines) is 1. The van der Waals surface area contributed by atoms with Crippen molar-refractivity contribution >= 4 is 12.0 Å². The maximum atomic E-state index is 13.7. The van der Waals surface area contributed by atoms with E-state index >= 15 is 0 Å². The molecule has 2 N–H and O–H groups in total. The van der Waals surface area contributed by atoms with Crippen LogP contribution in [0.3, 0.4) is 0 Å². The molecule has 11 nitrogen and oxygen atoms in total. The van der Waals surface area contributed by atoms with Crippen molar-refractivity contribution in [3.63, 3.8) is 0 Å². The van der Waals surface area contributed by atoms with Gasteiger partial charge in [0.05, 0.1) is 6.04 Å². The summed E-state index contributed by atoms with van der Waals surface area (Å²) in [6, 6.07) is 13.0. The zero-order chi connectivity index (χ0) is 29.8. The number of piperazine rings is 1. The van der Waals surface area contributed by atoms with Crippen LogP contribution in [0.4, 0.5) is 4.79 Å². The third-order valence-electron chi connectivity index (χ3n) is 8.38. The second-order valence-corrected chi connectivity index (χ2v) is 11.2. The monoisotopic (exact) mass is 576 g/mol. The third-order valence-corrected chi connectivity index (χ3v) is 8.38. The summed E-state index contributed by atoms with van der Waals surface area (Å²) in [7, 11) is 0. The molecule has 0 radical (unpaired) electrons. The first-order chi connectivity index (χ1) is 20.2. The number of hydrogen-bond acceptors (Lipinski definition) is 7. The first-order valence-corrected chi connectivity index (χ1v) is 14.7. The maximum Gasteiger partial charge on any atom is 0.410 e.